The first-order valence-corrected chi connectivity index (χ1v) is 5.67. The number of amides is 1. The van der Waals surface area contributed by atoms with Gasteiger partial charge in [0.25, 0.3) is 0 Å². The third kappa shape index (κ3) is 7.33. The van der Waals surface area contributed by atoms with Crippen molar-refractivity contribution >= 4 is 5.91 Å². The second kappa shape index (κ2) is 8.68. The first-order valence-electron chi connectivity index (χ1n) is 5.67. The van der Waals surface area contributed by atoms with Gasteiger partial charge in [-0.2, -0.15) is 0 Å². The molecule has 4 heteroatoms. The third-order valence-corrected chi connectivity index (χ3v) is 2.14. The Labute approximate surface area is 92.6 Å². The average Bonchev–Trinajstić information content (AvgIpc) is 2.18. The Kier molecular flexibility index (Phi) is 8.33. The van der Waals surface area contributed by atoms with Crippen LogP contribution in [0.2, 0.25) is 0 Å². The molecule has 4 nitrogen and oxygen atoms in total. The summed E-state index contributed by atoms with van der Waals surface area (Å²) < 4.78 is 5.35. The Morgan fingerprint density at radius 3 is 2.60 bits per heavy atom. The molecule has 0 radical (unpaired) electrons. The van der Waals surface area contributed by atoms with E-state index >= 15 is 0 Å². The smallest absolute Gasteiger partial charge is 0.224 e. The van der Waals surface area contributed by atoms with Crippen LogP contribution in [0, 0.1) is 11.8 Å². The summed E-state index contributed by atoms with van der Waals surface area (Å²) in [5.41, 5.74) is 5.46. The largest absolute Gasteiger partial charge is 0.379 e. The lowest BCUT2D eigenvalue weighted by Gasteiger charge is -2.13. The first-order chi connectivity index (χ1) is 7.11. The van der Waals surface area contributed by atoms with Gasteiger partial charge in [0.1, 0.15) is 0 Å². The molecular formula is C11H24N2O2. The summed E-state index contributed by atoms with van der Waals surface area (Å²) in [6.07, 6.45) is 0.787. The average molecular weight is 216 g/mol. The number of hydrogen-bond donors (Lipinski definition) is 2. The molecule has 0 fully saturated rings. The van der Waals surface area contributed by atoms with Crippen molar-refractivity contribution in [3.63, 3.8) is 0 Å². The molecule has 0 rings (SSSR count). The van der Waals surface area contributed by atoms with E-state index in [2.05, 4.69) is 19.2 Å². The Balaban J connectivity index is 3.46. The molecule has 1 atom stereocenters. The second-order valence-electron chi connectivity index (χ2n) is 4.10. The summed E-state index contributed by atoms with van der Waals surface area (Å²) in [6, 6.07) is 0. The van der Waals surface area contributed by atoms with Crippen LogP contribution in [0.3, 0.4) is 0 Å². The number of carbonyl (C=O) groups is 1. The zero-order valence-corrected chi connectivity index (χ0v) is 10.1. The van der Waals surface area contributed by atoms with Crippen LogP contribution in [-0.4, -0.2) is 32.2 Å². The lowest BCUT2D eigenvalue weighted by atomic mass is 10.1. The summed E-state index contributed by atoms with van der Waals surface area (Å²) in [5.74, 6) is 0.511. The highest BCUT2D eigenvalue weighted by atomic mass is 16.5. The molecule has 0 aromatic rings. The van der Waals surface area contributed by atoms with Gasteiger partial charge in [0, 0.05) is 25.6 Å². The van der Waals surface area contributed by atoms with E-state index in [9.17, 15) is 4.79 Å². The summed E-state index contributed by atoms with van der Waals surface area (Å²) >= 11 is 0. The van der Waals surface area contributed by atoms with Crippen molar-refractivity contribution in [2.75, 3.05) is 26.3 Å². The summed E-state index contributed by atoms with van der Waals surface area (Å²) in [7, 11) is 0. The fourth-order valence-electron chi connectivity index (χ4n) is 1.17. The molecule has 1 amide bonds. The molecule has 0 aliphatic carbocycles. The lowest BCUT2D eigenvalue weighted by Crippen LogP contribution is -2.36. The van der Waals surface area contributed by atoms with Crippen LogP contribution >= 0.6 is 0 Å². The highest BCUT2D eigenvalue weighted by Gasteiger charge is 2.12. The SMILES string of the molecule is CCC(CN)C(=O)NCCOCC(C)C. The van der Waals surface area contributed by atoms with Gasteiger partial charge >= 0.3 is 0 Å². The molecule has 0 aromatic heterocycles. The van der Waals surface area contributed by atoms with E-state index in [1.807, 2.05) is 6.92 Å². The van der Waals surface area contributed by atoms with Crippen LogP contribution in [0.5, 0.6) is 0 Å². The molecule has 0 spiro atoms. The van der Waals surface area contributed by atoms with Crippen molar-refractivity contribution < 1.29 is 9.53 Å². The number of nitrogens with two attached hydrogens (primary N) is 1. The monoisotopic (exact) mass is 216 g/mol. The van der Waals surface area contributed by atoms with Crippen LogP contribution in [0.25, 0.3) is 0 Å². The molecule has 0 aliphatic rings. The topological polar surface area (TPSA) is 64.4 Å². The van der Waals surface area contributed by atoms with Gasteiger partial charge in [-0.05, 0) is 12.3 Å². The van der Waals surface area contributed by atoms with Crippen molar-refractivity contribution in [3.05, 3.63) is 0 Å². The Bertz CT molecular complexity index is 168. The second-order valence-corrected chi connectivity index (χ2v) is 4.10. The molecule has 0 saturated carbocycles. The van der Waals surface area contributed by atoms with E-state index < -0.39 is 0 Å². The fourth-order valence-corrected chi connectivity index (χ4v) is 1.17. The van der Waals surface area contributed by atoms with E-state index in [-0.39, 0.29) is 11.8 Å². The minimum absolute atomic E-state index is 0.0353. The molecule has 15 heavy (non-hydrogen) atoms. The number of nitrogens with one attached hydrogen (secondary N) is 1. The van der Waals surface area contributed by atoms with Crippen LogP contribution in [0.4, 0.5) is 0 Å². The molecule has 1 unspecified atom stereocenters. The van der Waals surface area contributed by atoms with Gasteiger partial charge in [-0.1, -0.05) is 20.8 Å². The number of hydrogen-bond acceptors (Lipinski definition) is 3. The molecule has 3 N–H and O–H groups in total. The van der Waals surface area contributed by atoms with Crippen molar-refractivity contribution in [1.82, 2.24) is 5.32 Å². The van der Waals surface area contributed by atoms with Crippen molar-refractivity contribution in [1.29, 1.82) is 0 Å². The summed E-state index contributed by atoms with van der Waals surface area (Å²) in [6.45, 7) is 8.46. The van der Waals surface area contributed by atoms with E-state index in [0.29, 0.717) is 25.6 Å². The van der Waals surface area contributed by atoms with E-state index in [0.717, 1.165) is 13.0 Å². The zero-order chi connectivity index (χ0) is 11.7. The van der Waals surface area contributed by atoms with Crippen LogP contribution in [0.1, 0.15) is 27.2 Å². The van der Waals surface area contributed by atoms with Gasteiger partial charge < -0.3 is 15.8 Å². The molecule has 0 heterocycles. The van der Waals surface area contributed by atoms with Gasteiger partial charge in [-0.15, -0.1) is 0 Å². The van der Waals surface area contributed by atoms with Crippen molar-refractivity contribution in [3.8, 4) is 0 Å². The number of rotatable bonds is 8. The number of ether oxygens (including phenoxy) is 1. The zero-order valence-electron chi connectivity index (χ0n) is 10.1. The van der Waals surface area contributed by atoms with Gasteiger partial charge in [-0.3, -0.25) is 4.79 Å². The van der Waals surface area contributed by atoms with E-state index in [4.69, 9.17) is 10.5 Å². The maximum atomic E-state index is 11.5. The number of carbonyl (C=O) groups excluding carboxylic acids is 1. The molecule has 90 valence electrons. The Morgan fingerprint density at radius 2 is 2.13 bits per heavy atom. The molecule has 0 saturated heterocycles. The van der Waals surface area contributed by atoms with Gasteiger partial charge in [-0.25, -0.2) is 0 Å². The molecule has 0 aromatic carbocycles. The quantitative estimate of drug-likeness (QED) is 0.589. The van der Waals surface area contributed by atoms with Crippen LogP contribution < -0.4 is 11.1 Å². The fraction of sp³-hybridized carbons (Fsp3) is 0.909. The maximum Gasteiger partial charge on any atom is 0.224 e. The molecule has 0 bridgehead atoms. The first kappa shape index (κ1) is 14.4. The van der Waals surface area contributed by atoms with E-state index in [1.54, 1.807) is 0 Å². The van der Waals surface area contributed by atoms with Crippen molar-refractivity contribution in [2.24, 2.45) is 17.6 Å². The Morgan fingerprint density at radius 1 is 1.47 bits per heavy atom. The Hall–Kier alpha value is -0.610. The summed E-state index contributed by atoms with van der Waals surface area (Å²) in [4.78, 5) is 11.5. The standard InChI is InChI=1S/C11H24N2O2/c1-4-10(7-12)11(14)13-5-6-15-8-9(2)3/h9-10H,4-8,12H2,1-3H3,(H,13,14). The lowest BCUT2D eigenvalue weighted by molar-refractivity contribution is -0.125. The van der Waals surface area contributed by atoms with Crippen molar-refractivity contribution in [2.45, 2.75) is 27.2 Å². The third-order valence-electron chi connectivity index (χ3n) is 2.14. The van der Waals surface area contributed by atoms with Gasteiger partial charge in [0.15, 0.2) is 0 Å². The predicted molar refractivity (Wildman–Crippen MR) is 61.5 cm³/mol. The van der Waals surface area contributed by atoms with E-state index in [1.165, 1.54) is 0 Å². The van der Waals surface area contributed by atoms with Gasteiger partial charge in [0.05, 0.1) is 6.61 Å². The van der Waals surface area contributed by atoms with Crippen LogP contribution in [-0.2, 0) is 9.53 Å². The predicted octanol–water partition coefficient (Wildman–Crippen LogP) is 0.760. The molecular weight excluding hydrogens is 192 g/mol. The van der Waals surface area contributed by atoms with Gasteiger partial charge in [0.2, 0.25) is 5.91 Å². The highest BCUT2D eigenvalue weighted by molar-refractivity contribution is 5.78. The molecule has 0 aliphatic heterocycles. The minimum atomic E-state index is -0.0601. The summed E-state index contributed by atoms with van der Waals surface area (Å²) in [5, 5.41) is 2.81. The minimum Gasteiger partial charge on any atom is -0.379 e. The highest BCUT2D eigenvalue weighted by Crippen LogP contribution is 1.98. The maximum absolute atomic E-state index is 11.5. The normalized spacial score (nSPS) is 12.9. The van der Waals surface area contributed by atoms with Crippen LogP contribution in [0.15, 0.2) is 0 Å².